The minimum absolute atomic E-state index is 0.177. The molecule has 0 bridgehead atoms. The lowest BCUT2D eigenvalue weighted by Crippen LogP contribution is -2.28. The summed E-state index contributed by atoms with van der Waals surface area (Å²) < 4.78 is 10.9. The quantitative estimate of drug-likeness (QED) is 0.0469. The number of esters is 1. The maximum atomic E-state index is 12.0. The van der Waals surface area contributed by atoms with E-state index in [0.717, 1.165) is 91.2 Å². The number of phenols is 1. The first-order valence-electron chi connectivity index (χ1n) is 17.6. The van der Waals surface area contributed by atoms with E-state index in [1.54, 1.807) is 0 Å². The minimum Gasteiger partial charge on any atom is -0.507 e. The molecule has 0 saturated heterocycles. The van der Waals surface area contributed by atoms with Crippen LogP contribution in [-0.4, -0.2) is 49.0 Å². The number of hydrogen-bond acceptors (Lipinski definition) is 9. The van der Waals surface area contributed by atoms with Crippen molar-refractivity contribution in [2.75, 3.05) is 19.6 Å². The molecule has 1 amide bonds. The normalized spacial score (nSPS) is 9.84. The molecule has 0 aliphatic carbocycles. The zero-order chi connectivity index (χ0) is 37.9. The van der Waals surface area contributed by atoms with Gasteiger partial charge in [0, 0.05) is 13.0 Å². The summed E-state index contributed by atoms with van der Waals surface area (Å²) >= 11 is 0. The van der Waals surface area contributed by atoms with Crippen molar-refractivity contribution in [3.8, 4) is 17.2 Å². The van der Waals surface area contributed by atoms with Gasteiger partial charge in [0.05, 0.1) is 13.1 Å². The van der Waals surface area contributed by atoms with Crippen molar-refractivity contribution in [2.45, 2.75) is 106 Å². The fourth-order valence-electron chi connectivity index (χ4n) is 4.96. The summed E-state index contributed by atoms with van der Waals surface area (Å²) in [6.45, 7) is 13.2. The van der Waals surface area contributed by atoms with Gasteiger partial charge in [-0.05, 0) is 101 Å². The highest BCUT2D eigenvalue weighted by Gasteiger charge is 2.10. The molecule has 0 saturated carbocycles. The summed E-state index contributed by atoms with van der Waals surface area (Å²) in [7, 11) is 0. The molecule has 3 aromatic rings. The Hall–Kier alpha value is -5.04. The molecule has 0 aliphatic heterocycles. The van der Waals surface area contributed by atoms with E-state index in [1.807, 2.05) is 96.1 Å². The number of rotatable bonds is 17. The molecule has 0 spiro atoms. The average molecular weight is 702 g/mol. The summed E-state index contributed by atoms with van der Waals surface area (Å²) in [5.74, 6) is 1.55. The van der Waals surface area contributed by atoms with Gasteiger partial charge in [0.2, 0.25) is 12.2 Å². The number of carbonyl (C=O) groups is 2. The number of carbonyl (C=O) groups excluding carboxylic acids is 4. The number of benzene rings is 3. The van der Waals surface area contributed by atoms with Gasteiger partial charge in [-0.3, -0.25) is 4.79 Å². The lowest BCUT2D eigenvalue weighted by Gasteiger charge is -2.11. The number of hydrogen-bond donors (Lipinski definition) is 2. The van der Waals surface area contributed by atoms with Crippen molar-refractivity contribution in [1.29, 1.82) is 0 Å². The van der Waals surface area contributed by atoms with E-state index in [9.17, 15) is 24.3 Å². The monoisotopic (exact) mass is 701 g/mol. The van der Waals surface area contributed by atoms with Gasteiger partial charge in [-0.2, -0.15) is 0 Å². The Morgan fingerprint density at radius 2 is 0.980 bits per heavy atom. The highest BCUT2D eigenvalue weighted by atomic mass is 16.6. The second-order valence-corrected chi connectivity index (χ2v) is 12.4. The molecule has 0 aromatic heterocycles. The van der Waals surface area contributed by atoms with E-state index in [1.165, 1.54) is 12.2 Å². The molecule has 3 rings (SSSR count). The molecular weight excluding hydrogens is 646 g/mol. The number of amides is 1. The summed E-state index contributed by atoms with van der Waals surface area (Å²) in [6.07, 6.45) is 11.5. The van der Waals surface area contributed by atoms with Crippen LogP contribution in [0.25, 0.3) is 0 Å². The molecule has 0 fully saturated rings. The number of aryl methyl sites for hydroxylation is 6. The van der Waals surface area contributed by atoms with Gasteiger partial charge in [-0.25, -0.2) is 24.4 Å². The Balaban J connectivity index is 0.000000503. The fourth-order valence-corrected chi connectivity index (χ4v) is 4.96. The summed E-state index contributed by atoms with van der Waals surface area (Å²) in [4.78, 5) is 50.1. The van der Waals surface area contributed by atoms with Crippen molar-refractivity contribution < 1.29 is 33.8 Å². The van der Waals surface area contributed by atoms with Crippen LogP contribution in [0.2, 0.25) is 0 Å². The van der Waals surface area contributed by atoms with Crippen molar-refractivity contribution in [3.05, 3.63) is 88.0 Å². The van der Waals surface area contributed by atoms with Crippen LogP contribution < -0.4 is 14.8 Å². The second kappa shape index (κ2) is 26.8. The number of unbranched alkanes of at least 4 members (excludes halogenated alkanes) is 7. The maximum absolute atomic E-state index is 12.0. The van der Waals surface area contributed by atoms with E-state index in [2.05, 4.69) is 15.3 Å². The van der Waals surface area contributed by atoms with Crippen LogP contribution >= 0.6 is 0 Å². The van der Waals surface area contributed by atoms with Crippen LogP contribution in [0.5, 0.6) is 17.2 Å². The van der Waals surface area contributed by atoms with Gasteiger partial charge in [0.1, 0.15) is 17.2 Å². The largest absolute Gasteiger partial charge is 0.507 e. The number of aromatic hydroxyl groups is 1. The SMILES string of the molecule is Cc1cccc(C)c1O.Cc1cccc(C)c1OC(=O)CCCCCCCNC(=O)Oc1c(C)cccc1C.O=C=NCCCCCCN=C=O. The highest BCUT2D eigenvalue weighted by molar-refractivity contribution is 5.73. The zero-order valence-corrected chi connectivity index (χ0v) is 31.2. The third kappa shape index (κ3) is 19.7. The van der Waals surface area contributed by atoms with Crippen LogP contribution in [0.3, 0.4) is 0 Å². The molecule has 276 valence electrons. The smallest absolute Gasteiger partial charge is 0.412 e. The van der Waals surface area contributed by atoms with Crippen molar-refractivity contribution in [1.82, 2.24) is 5.32 Å². The van der Waals surface area contributed by atoms with Crippen molar-refractivity contribution >= 4 is 24.2 Å². The molecule has 0 heterocycles. The second-order valence-electron chi connectivity index (χ2n) is 12.4. The average Bonchev–Trinajstić information content (AvgIpc) is 3.10. The third-order valence-electron chi connectivity index (χ3n) is 7.91. The Labute approximate surface area is 303 Å². The molecule has 2 N–H and O–H groups in total. The van der Waals surface area contributed by atoms with Gasteiger partial charge >= 0.3 is 12.1 Å². The molecule has 10 heteroatoms. The van der Waals surface area contributed by atoms with Gasteiger partial charge in [0.15, 0.2) is 0 Å². The highest BCUT2D eigenvalue weighted by Crippen LogP contribution is 2.24. The molecule has 51 heavy (non-hydrogen) atoms. The number of aliphatic imine (C=N–C) groups is 2. The molecule has 0 radical (unpaired) electrons. The molecular formula is C41H55N3O7. The predicted molar refractivity (Wildman–Crippen MR) is 201 cm³/mol. The minimum atomic E-state index is -0.415. The third-order valence-corrected chi connectivity index (χ3v) is 7.91. The topological polar surface area (TPSA) is 144 Å². The zero-order valence-electron chi connectivity index (χ0n) is 31.2. The van der Waals surface area contributed by atoms with E-state index < -0.39 is 6.09 Å². The lowest BCUT2D eigenvalue weighted by molar-refractivity contribution is -0.134. The molecule has 0 unspecified atom stereocenters. The standard InChI is InChI=1S/C25H33NO4.C8H12N2O2.C8H10O/c1-18-12-10-13-19(2)23(18)29-22(27)16-8-6-5-7-9-17-26-25(28)30-24-20(3)14-11-15-21(24)4;11-7-9-5-3-1-2-4-6-10-8-12;1-6-4-3-5-7(2)8(6)9/h10-15H,5-9,16-17H2,1-4H3,(H,26,28);1-6H2;3-5,9H,1-2H3. The number of nitrogens with zero attached hydrogens (tertiary/aromatic N) is 2. The molecule has 0 aliphatic rings. The molecule has 10 nitrogen and oxygen atoms in total. The van der Waals surface area contributed by atoms with E-state index in [-0.39, 0.29) is 5.97 Å². The van der Waals surface area contributed by atoms with Crippen LogP contribution in [0, 0.1) is 41.5 Å². The van der Waals surface area contributed by atoms with Crippen LogP contribution in [-0.2, 0) is 14.4 Å². The van der Waals surface area contributed by atoms with Crippen LogP contribution in [0.15, 0.2) is 64.6 Å². The van der Waals surface area contributed by atoms with Gasteiger partial charge in [-0.1, -0.05) is 86.7 Å². The first-order valence-corrected chi connectivity index (χ1v) is 17.6. The molecule has 0 atom stereocenters. The van der Waals surface area contributed by atoms with E-state index in [0.29, 0.717) is 43.3 Å². The Morgan fingerprint density at radius 3 is 1.43 bits per heavy atom. The maximum Gasteiger partial charge on any atom is 0.412 e. The summed E-state index contributed by atoms with van der Waals surface area (Å²) in [6, 6.07) is 17.4. The summed E-state index contributed by atoms with van der Waals surface area (Å²) in [5, 5.41) is 12.0. The van der Waals surface area contributed by atoms with Gasteiger partial charge < -0.3 is 19.9 Å². The first-order chi connectivity index (χ1) is 24.5. The fraction of sp³-hybridized carbons (Fsp3) is 0.463. The predicted octanol–water partition coefficient (Wildman–Crippen LogP) is 9.18. The number of isocyanates is 2. The van der Waals surface area contributed by atoms with Crippen molar-refractivity contribution in [2.24, 2.45) is 9.98 Å². The van der Waals surface area contributed by atoms with E-state index >= 15 is 0 Å². The number of para-hydroxylation sites is 3. The first kappa shape index (κ1) is 44.0. The molecule has 3 aromatic carbocycles. The number of phenolic OH excluding ortho intramolecular Hbond substituents is 1. The number of nitrogens with one attached hydrogen (secondary N) is 1. The lowest BCUT2D eigenvalue weighted by atomic mass is 10.1. The van der Waals surface area contributed by atoms with Gasteiger partial charge in [-0.15, -0.1) is 0 Å². The van der Waals surface area contributed by atoms with Crippen LogP contribution in [0.4, 0.5) is 4.79 Å². The van der Waals surface area contributed by atoms with Crippen molar-refractivity contribution in [3.63, 3.8) is 0 Å². The summed E-state index contributed by atoms with van der Waals surface area (Å²) in [5.41, 5.74) is 5.73. The number of ether oxygens (including phenoxy) is 2. The van der Waals surface area contributed by atoms with Gasteiger partial charge in [0.25, 0.3) is 0 Å². The Morgan fingerprint density at radius 1 is 0.588 bits per heavy atom. The van der Waals surface area contributed by atoms with E-state index in [4.69, 9.17) is 9.47 Å². The Kier molecular flexibility index (Phi) is 23.1. The Bertz CT molecular complexity index is 1440. The van der Waals surface area contributed by atoms with Crippen LogP contribution in [0.1, 0.15) is 97.6 Å².